The standard InChI is InChI=1S/C35H43F2N3O6Si/c1-21-24(20-46-47(5,6)35(2,3)4)14-29(41)28-18-39(21)34(44)30-32(45-19-22-10-8-7-9-11-22)31(42)26(17-40(28)30)33(43)38-16-23-12-13-25(36)15-27(23)37/h7-13,15,17,21,24,28-29,41H,14,16,18-20H2,1-6H3,(H,38,43)/t21-,24+,28+,29-/m0/s1. The molecule has 2 amide bonds. The van der Waals surface area contributed by atoms with Gasteiger partial charge in [-0.25, -0.2) is 8.78 Å². The van der Waals surface area contributed by atoms with E-state index in [1.165, 1.54) is 16.8 Å². The SMILES string of the molecule is C[C@H]1[C@@H](CO[Si](C)(C)C(C)(C)C)C[C@H](O)[C@H]2CN1C(=O)c1c(OCc3ccccc3)c(=O)c(C(=O)NCc3ccc(F)cc3F)cn12. The molecule has 1 saturated heterocycles. The van der Waals surface area contributed by atoms with Crippen LogP contribution in [0.4, 0.5) is 8.78 Å². The second kappa shape index (κ2) is 13.3. The zero-order valence-electron chi connectivity index (χ0n) is 27.7. The largest absolute Gasteiger partial charge is 0.483 e. The average Bonchev–Trinajstić information content (AvgIpc) is 3.12. The van der Waals surface area contributed by atoms with Crippen molar-refractivity contribution in [1.29, 1.82) is 0 Å². The zero-order valence-corrected chi connectivity index (χ0v) is 28.7. The number of hydrogen-bond acceptors (Lipinski definition) is 6. The van der Waals surface area contributed by atoms with Gasteiger partial charge in [-0.3, -0.25) is 14.4 Å². The molecule has 9 nitrogen and oxygen atoms in total. The van der Waals surface area contributed by atoms with Gasteiger partial charge in [-0.05, 0) is 43.1 Å². The number of nitrogens with one attached hydrogen (secondary N) is 1. The number of fused-ring (bicyclic) bond motifs is 4. The lowest BCUT2D eigenvalue weighted by atomic mass is 9.95. The van der Waals surface area contributed by atoms with Crippen LogP contribution in [0, 0.1) is 17.6 Å². The molecule has 3 aromatic rings. The number of hydrogen-bond donors (Lipinski definition) is 2. The third-order valence-corrected chi connectivity index (χ3v) is 14.4. The van der Waals surface area contributed by atoms with Crippen molar-refractivity contribution in [3.63, 3.8) is 0 Å². The molecule has 2 bridgehead atoms. The maximum atomic E-state index is 14.3. The maximum absolute atomic E-state index is 14.3. The summed E-state index contributed by atoms with van der Waals surface area (Å²) in [6.45, 7) is 12.9. The molecule has 2 N–H and O–H groups in total. The van der Waals surface area contributed by atoms with E-state index in [9.17, 15) is 28.3 Å². The lowest BCUT2D eigenvalue weighted by molar-refractivity contribution is 0.0484. The number of halogens is 2. The van der Waals surface area contributed by atoms with Crippen molar-refractivity contribution in [2.24, 2.45) is 5.92 Å². The van der Waals surface area contributed by atoms with E-state index in [2.05, 4.69) is 39.2 Å². The molecule has 0 saturated carbocycles. The predicted molar refractivity (Wildman–Crippen MR) is 176 cm³/mol. The van der Waals surface area contributed by atoms with Crippen LogP contribution in [0.3, 0.4) is 0 Å². The van der Waals surface area contributed by atoms with Crippen LogP contribution in [-0.2, 0) is 17.6 Å². The highest BCUT2D eigenvalue weighted by Gasteiger charge is 2.46. The van der Waals surface area contributed by atoms with Gasteiger partial charge in [-0.15, -0.1) is 0 Å². The zero-order chi connectivity index (χ0) is 34.3. The van der Waals surface area contributed by atoms with Crippen molar-refractivity contribution in [2.75, 3.05) is 13.2 Å². The Morgan fingerprint density at radius 2 is 1.81 bits per heavy atom. The van der Waals surface area contributed by atoms with E-state index in [0.717, 1.165) is 11.6 Å². The summed E-state index contributed by atoms with van der Waals surface area (Å²) in [6.07, 6.45) is 0.682. The summed E-state index contributed by atoms with van der Waals surface area (Å²) in [5.41, 5.74) is -0.409. The van der Waals surface area contributed by atoms with Crippen molar-refractivity contribution < 1.29 is 32.6 Å². The molecule has 0 unspecified atom stereocenters. The third kappa shape index (κ3) is 7.04. The van der Waals surface area contributed by atoms with Crippen LogP contribution in [0.2, 0.25) is 18.1 Å². The first-order valence-electron chi connectivity index (χ1n) is 15.9. The Balaban J connectivity index is 1.52. The number of rotatable bonds is 9. The highest BCUT2D eigenvalue weighted by atomic mass is 28.4. The second-order valence-corrected chi connectivity index (χ2v) is 18.9. The van der Waals surface area contributed by atoms with Gasteiger partial charge in [0.2, 0.25) is 5.43 Å². The van der Waals surface area contributed by atoms with Crippen LogP contribution in [0.1, 0.15) is 72.1 Å². The first-order valence-corrected chi connectivity index (χ1v) is 18.8. The lowest BCUT2D eigenvalue weighted by Gasteiger charge is -2.40. The fourth-order valence-corrected chi connectivity index (χ4v) is 6.93. The van der Waals surface area contributed by atoms with Crippen molar-refractivity contribution in [2.45, 2.75) is 83.6 Å². The summed E-state index contributed by atoms with van der Waals surface area (Å²) in [7, 11) is -2.13. The number of amides is 2. The molecule has 1 fully saturated rings. The van der Waals surface area contributed by atoms with Crippen molar-refractivity contribution in [1.82, 2.24) is 14.8 Å². The van der Waals surface area contributed by atoms with E-state index >= 15 is 0 Å². The maximum Gasteiger partial charge on any atom is 0.274 e. The van der Waals surface area contributed by atoms with E-state index in [1.807, 2.05) is 37.3 Å². The average molecular weight is 668 g/mol. The summed E-state index contributed by atoms with van der Waals surface area (Å²) in [4.78, 5) is 43.3. The normalized spacial score (nSPS) is 21.2. The molecule has 0 radical (unpaired) electrons. The molecular formula is C35H43F2N3O6Si. The Hall–Kier alpha value is -3.87. The van der Waals surface area contributed by atoms with Gasteiger partial charge in [0.15, 0.2) is 19.8 Å². The minimum Gasteiger partial charge on any atom is -0.483 e. The molecule has 4 atom stereocenters. The summed E-state index contributed by atoms with van der Waals surface area (Å²) in [5, 5.41) is 14.1. The van der Waals surface area contributed by atoms with Crippen LogP contribution in [0.15, 0.2) is 59.5 Å². The van der Waals surface area contributed by atoms with Gasteiger partial charge in [0.25, 0.3) is 11.8 Å². The number of carbonyl (C=O) groups excluding carboxylic acids is 2. The van der Waals surface area contributed by atoms with Gasteiger partial charge in [0, 0.05) is 49.5 Å². The van der Waals surface area contributed by atoms with E-state index in [0.29, 0.717) is 19.1 Å². The van der Waals surface area contributed by atoms with Crippen LogP contribution in [-0.4, -0.2) is 60.0 Å². The number of ether oxygens (including phenoxy) is 1. The predicted octanol–water partition coefficient (Wildman–Crippen LogP) is 5.42. The molecule has 2 aliphatic heterocycles. The van der Waals surface area contributed by atoms with Crippen molar-refractivity contribution in [3.8, 4) is 5.75 Å². The van der Waals surface area contributed by atoms with Crippen LogP contribution in [0.25, 0.3) is 0 Å². The Morgan fingerprint density at radius 1 is 1.11 bits per heavy atom. The monoisotopic (exact) mass is 667 g/mol. The lowest BCUT2D eigenvalue weighted by Crippen LogP contribution is -2.51. The van der Waals surface area contributed by atoms with Crippen LogP contribution in [0.5, 0.6) is 5.75 Å². The number of carbonyl (C=O) groups is 2. The fourth-order valence-electron chi connectivity index (χ4n) is 5.86. The van der Waals surface area contributed by atoms with Gasteiger partial charge in [-0.1, -0.05) is 57.2 Å². The summed E-state index contributed by atoms with van der Waals surface area (Å²) >= 11 is 0. The van der Waals surface area contributed by atoms with E-state index in [4.69, 9.17) is 9.16 Å². The Labute approximate surface area is 274 Å². The molecule has 12 heteroatoms. The quantitative estimate of drug-likeness (QED) is 0.295. The number of aromatic nitrogens is 1. The first kappa shape index (κ1) is 34.5. The molecule has 252 valence electrons. The van der Waals surface area contributed by atoms with Gasteiger partial charge >= 0.3 is 0 Å². The highest BCUT2D eigenvalue weighted by Crippen LogP contribution is 2.40. The highest BCUT2D eigenvalue weighted by molar-refractivity contribution is 6.74. The Bertz CT molecular complexity index is 1710. The topological polar surface area (TPSA) is 110 Å². The molecule has 0 aliphatic carbocycles. The van der Waals surface area contributed by atoms with E-state index in [-0.39, 0.29) is 59.3 Å². The number of nitrogens with zero attached hydrogens (tertiary/aromatic N) is 2. The molecule has 47 heavy (non-hydrogen) atoms. The summed E-state index contributed by atoms with van der Waals surface area (Å²) < 4.78 is 41.8. The summed E-state index contributed by atoms with van der Waals surface area (Å²) in [5.74, 6) is -3.35. The minimum atomic E-state index is -2.13. The smallest absolute Gasteiger partial charge is 0.274 e. The van der Waals surface area contributed by atoms with Gasteiger partial charge in [-0.2, -0.15) is 0 Å². The molecule has 1 aromatic heterocycles. The molecule has 5 rings (SSSR count). The van der Waals surface area contributed by atoms with Crippen LogP contribution >= 0.6 is 0 Å². The van der Waals surface area contributed by atoms with Gasteiger partial charge in [0.1, 0.15) is 23.8 Å². The molecule has 3 heterocycles. The van der Waals surface area contributed by atoms with E-state index in [1.54, 1.807) is 4.90 Å². The van der Waals surface area contributed by atoms with Crippen molar-refractivity contribution >= 4 is 20.1 Å². The first-order chi connectivity index (χ1) is 22.1. The second-order valence-electron chi connectivity index (χ2n) is 14.0. The minimum absolute atomic E-state index is 0.0212. The number of benzene rings is 2. The number of aliphatic hydroxyl groups excluding tert-OH is 1. The molecule has 0 spiro atoms. The van der Waals surface area contributed by atoms with E-state index < -0.39 is 49.3 Å². The molecule has 2 aromatic carbocycles. The van der Waals surface area contributed by atoms with Crippen LogP contribution < -0.4 is 15.5 Å². The summed E-state index contributed by atoms with van der Waals surface area (Å²) in [6, 6.07) is 11.1. The van der Waals surface area contributed by atoms with Gasteiger partial charge < -0.3 is 29.1 Å². The Morgan fingerprint density at radius 3 is 2.47 bits per heavy atom. The number of aliphatic hydroxyl groups is 1. The van der Waals surface area contributed by atoms with Gasteiger partial charge in [0.05, 0.1) is 12.1 Å². The third-order valence-electron chi connectivity index (χ3n) is 9.95. The number of pyridine rings is 1. The molecule has 2 aliphatic rings. The fraction of sp³-hybridized carbons (Fsp3) is 0.457. The Kier molecular flexibility index (Phi) is 9.77. The van der Waals surface area contributed by atoms with Crippen molar-refractivity contribution in [3.05, 3.63) is 99.0 Å². The molecular weight excluding hydrogens is 624 g/mol.